The van der Waals surface area contributed by atoms with Crippen LogP contribution in [-0.4, -0.2) is 29.9 Å². The average molecular weight is 573 g/mol. The minimum atomic E-state index is -4.55. The number of anilines is 2. The molecule has 4 rings (SSSR count). The number of thiocarbonyl (C=S) groups is 1. The van der Waals surface area contributed by atoms with Gasteiger partial charge in [0.15, 0.2) is 22.4 Å². The largest absolute Gasteiger partial charge is 0.493 e. The van der Waals surface area contributed by atoms with Crippen LogP contribution in [0.15, 0.2) is 65.6 Å². The third kappa shape index (κ3) is 6.61. The molecule has 11 heteroatoms. The van der Waals surface area contributed by atoms with Gasteiger partial charge in [-0.1, -0.05) is 42.2 Å². The number of hydrogen-bond acceptors (Lipinski definition) is 6. The lowest BCUT2D eigenvalue weighted by Gasteiger charge is -2.16. The number of nitrogens with zero attached hydrogens (tertiary/aromatic N) is 1. The van der Waals surface area contributed by atoms with E-state index < -0.39 is 17.6 Å². The van der Waals surface area contributed by atoms with Crippen molar-refractivity contribution in [2.45, 2.75) is 20.0 Å². The van der Waals surface area contributed by atoms with Gasteiger partial charge >= 0.3 is 6.18 Å². The van der Waals surface area contributed by atoms with E-state index in [9.17, 15) is 22.8 Å². The second-order valence-electron chi connectivity index (χ2n) is 8.61. The van der Waals surface area contributed by atoms with E-state index in [1.54, 1.807) is 24.3 Å². The third-order valence-electron chi connectivity index (χ3n) is 5.86. The minimum Gasteiger partial charge on any atom is -0.493 e. The molecule has 0 radical (unpaired) electrons. The molecule has 202 valence electrons. The van der Waals surface area contributed by atoms with Crippen LogP contribution in [0.25, 0.3) is 6.08 Å². The minimum absolute atomic E-state index is 0.0381. The van der Waals surface area contributed by atoms with Crippen molar-refractivity contribution in [1.82, 2.24) is 0 Å². The molecule has 0 bridgehead atoms. The van der Waals surface area contributed by atoms with Crippen molar-refractivity contribution >= 4 is 57.6 Å². The second kappa shape index (κ2) is 11.5. The number of nitrogens with one attached hydrogen (secondary N) is 1. The highest BCUT2D eigenvalue weighted by molar-refractivity contribution is 8.27. The quantitative estimate of drug-likeness (QED) is 0.250. The first kappa shape index (κ1) is 28.2. The number of carbonyl (C=O) groups is 2. The van der Waals surface area contributed by atoms with Crippen molar-refractivity contribution in [3.63, 3.8) is 0 Å². The van der Waals surface area contributed by atoms with Crippen molar-refractivity contribution in [1.29, 1.82) is 0 Å². The molecule has 0 saturated carbocycles. The summed E-state index contributed by atoms with van der Waals surface area (Å²) in [6, 6.07) is 14.9. The number of halogens is 3. The lowest BCUT2D eigenvalue weighted by atomic mass is 10.1. The first-order chi connectivity index (χ1) is 18.5. The molecule has 1 aliphatic rings. The topological polar surface area (TPSA) is 67.9 Å². The fourth-order valence-electron chi connectivity index (χ4n) is 3.72. The van der Waals surface area contributed by atoms with E-state index in [1.165, 1.54) is 19.2 Å². The number of aryl methyl sites for hydroxylation is 2. The highest BCUT2D eigenvalue weighted by Gasteiger charge is 2.36. The van der Waals surface area contributed by atoms with Gasteiger partial charge in [0.05, 0.1) is 23.3 Å². The van der Waals surface area contributed by atoms with Crippen molar-refractivity contribution < 1.29 is 32.2 Å². The van der Waals surface area contributed by atoms with Crippen LogP contribution in [0.2, 0.25) is 0 Å². The van der Waals surface area contributed by atoms with Gasteiger partial charge in [0.2, 0.25) is 0 Å². The zero-order chi connectivity index (χ0) is 28.3. The van der Waals surface area contributed by atoms with Crippen molar-refractivity contribution in [2.24, 2.45) is 0 Å². The summed E-state index contributed by atoms with van der Waals surface area (Å²) < 4.78 is 50.6. The van der Waals surface area contributed by atoms with Gasteiger partial charge in [-0.05, 0) is 79.1 Å². The van der Waals surface area contributed by atoms with Gasteiger partial charge < -0.3 is 14.8 Å². The molecular weight excluding hydrogens is 549 g/mol. The van der Waals surface area contributed by atoms with Gasteiger partial charge in [-0.2, -0.15) is 13.2 Å². The van der Waals surface area contributed by atoms with Gasteiger partial charge in [-0.15, -0.1) is 0 Å². The van der Waals surface area contributed by atoms with Crippen molar-refractivity contribution in [2.75, 3.05) is 23.9 Å². The molecular formula is C28H23F3N2O4S2. The number of methoxy groups -OCH3 is 1. The smallest absolute Gasteiger partial charge is 0.416 e. The summed E-state index contributed by atoms with van der Waals surface area (Å²) in [5, 5.41) is 2.78. The monoisotopic (exact) mass is 572 g/mol. The summed E-state index contributed by atoms with van der Waals surface area (Å²) in [6.07, 6.45) is -2.99. The summed E-state index contributed by atoms with van der Waals surface area (Å²) >= 11 is 6.26. The highest BCUT2D eigenvalue weighted by Crippen LogP contribution is 2.39. The molecule has 1 fully saturated rings. The molecule has 3 aromatic rings. The zero-order valence-corrected chi connectivity index (χ0v) is 22.7. The van der Waals surface area contributed by atoms with Gasteiger partial charge in [0.1, 0.15) is 0 Å². The fraction of sp³-hybridized carbons (Fsp3) is 0.179. The van der Waals surface area contributed by atoms with Crippen LogP contribution >= 0.6 is 24.0 Å². The Labute approximate surface area is 232 Å². The van der Waals surface area contributed by atoms with Crippen LogP contribution < -0.4 is 19.7 Å². The highest BCUT2D eigenvalue weighted by atomic mass is 32.2. The normalized spacial score (nSPS) is 14.6. The molecule has 6 nitrogen and oxygen atoms in total. The number of alkyl halides is 3. The summed E-state index contributed by atoms with van der Waals surface area (Å²) in [4.78, 5) is 26.7. The SMILES string of the molecule is COc1cc(/C=C2\SC(=S)N(c3cccc(C(F)(F)F)c3)C2=O)ccc1OCC(=O)Nc1ccc(C)c(C)c1. The van der Waals surface area contributed by atoms with E-state index in [4.69, 9.17) is 21.7 Å². The molecule has 3 aromatic carbocycles. The van der Waals surface area contributed by atoms with Crippen LogP contribution in [-0.2, 0) is 15.8 Å². The van der Waals surface area contributed by atoms with Crippen molar-refractivity contribution in [3.05, 3.63) is 87.8 Å². The van der Waals surface area contributed by atoms with Crippen LogP contribution in [0.5, 0.6) is 11.5 Å². The van der Waals surface area contributed by atoms with E-state index in [1.807, 2.05) is 32.0 Å². The Morgan fingerprint density at radius 1 is 1.05 bits per heavy atom. The average Bonchev–Trinajstić information content (AvgIpc) is 3.17. The Morgan fingerprint density at radius 3 is 2.51 bits per heavy atom. The molecule has 39 heavy (non-hydrogen) atoms. The Bertz CT molecular complexity index is 1490. The maximum absolute atomic E-state index is 13.1. The number of benzene rings is 3. The van der Waals surface area contributed by atoms with Gasteiger partial charge in [0.25, 0.3) is 11.8 Å². The van der Waals surface area contributed by atoms with Gasteiger partial charge in [-0.25, -0.2) is 0 Å². The van der Waals surface area contributed by atoms with Crippen LogP contribution in [0.3, 0.4) is 0 Å². The summed E-state index contributed by atoms with van der Waals surface area (Å²) in [5.74, 6) is -0.230. The third-order valence-corrected chi connectivity index (χ3v) is 7.16. The molecule has 1 heterocycles. The first-order valence-electron chi connectivity index (χ1n) is 11.6. The lowest BCUT2D eigenvalue weighted by molar-refractivity contribution is -0.137. The van der Waals surface area contributed by atoms with E-state index in [0.717, 1.165) is 39.9 Å². The molecule has 0 atom stereocenters. The molecule has 0 unspecified atom stereocenters. The van der Waals surface area contributed by atoms with Crippen molar-refractivity contribution in [3.8, 4) is 11.5 Å². The number of thioether (sulfide) groups is 1. The molecule has 0 aliphatic carbocycles. The number of carbonyl (C=O) groups excluding carboxylic acids is 2. The predicted octanol–water partition coefficient (Wildman–Crippen LogP) is 6.75. The number of rotatable bonds is 7. The maximum Gasteiger partial charge on any atom is 0.416 e. The van der Waals surface area contributed by atoms with E-state index in [0.29, 0.717) is 22.7 Å². The Kier molecular flexibility index (Phi) is 8.31. The Balaban J connectivity index is 1.46. The molecule has 1 aliphatic heterocycles. The summed E-state index contributed by atoms with van der Waals surface area (Å²) in [5.41, 5.74) is 2.57. The number of ether oxygens (including phenoxy) is 2. The molecule has 0 aromatic heterocycles. The fourth-order valence-corrected chi connectivity index (χ4v) is 5.01. The standard InChI is InChI=1S/C28H23F3N2O4S2/c1-16-7-9-20(11-17(16)2)32-25(34)15-37-22-10-8-18(12-23(22)36-3)13-24-26(35)33(27(38)39-24)21-6-4-5-19(14-21)28(29,30)31/h4-14H,15H2,1-3H3,(H,32,34)/b24-13-. The van der Waals surface area contributed by atoms with Gasteiger partial charge in [0, 0.05) is 5.69 Å². The molecule has 1 N–H and O–H groups in total. The Hall–Kier alpha value is -3.83. The first-order valence-corrected chi connectivity index (χ1v) is 12.8. The summed E-state index contributed by atoms with van der Waals surface area (Å²) in [6.45, 7) is 3.69. The lowest BCUT2D eigenvalue weighted by Crippen LogP contribution is -2.27. The predicted molar refractivity (Wildman–Crippen MR) is 150 cm³/mol. The molecule has 0 spiro atoms. The van der Waals surface area contributed by atoms with Crippen LogP contribution in [0.1, 0.15) is 22.3 Å². The van der Waals surface area contributed by atoms with Crippen LogP contribution in [0, 0.1) is 13.8 Å². The number of amides is 2. The summed E-state index contributed by atoms with van der Waals surface area (Å²) in [7, 11) is 1.44. The second-order valence-corrected chi connectivity index (χ2v) is 10.3. The van der Waals surface area contributed by atoms with E-state index in [2.05, 4.69) is 5.32 Å². The van der Waals surface area contributed by atoms with E-state index >= 15 is 0 Å². The van der Waals surface area contributed by atoms with Crippen LogP contribution in [0.4, 0.5) is 24.5 Å². The van der Waals surface area contributed by atoms with E-state index in [-0.39, 0.29) is 27.4 Å². The zero-order valence-electron chi connectivity index (χ0n) is 21.1. The maximum atomic E-state index is 13.1. The Morgan fingerprint density at radius 2 is 1.82 bits per heavy atom. The molecule has 2 amide bonds. The van der Waals surface area contributed by atoms with Gasteiger partial charge in [-0.3, -0.25) is 14.5 Å². The number of hydrogen-bond donors (Lipinski definition) is 1. The molecule has 1 saturated heterocycles.